The molecule has 8 heteroatoms. The van der Waals surface area contributed by atoms with E-state index < -0.39 is 5.25 Å². The number of rotatable bonds is 6. The van der Waals surface area contributed by atoms with Crippen molar-refractivity contribution in [2.24, 2.45) is 0 Å². The molecule has 1 amide bonds. The summed E-state index contributed by atoms with van der Waals surface area (Å²) in [7, 11) is 0. The van der Waals surface area contributed by atoms with Gasteiger partial charge in [-0.2, -0.15) is 0 Å². The van der Waals surface area contributed by atoms with Crippen LogP contribution in [0, 0.1) is 6.92 Å². The van der Waals surface area contributed by atoms with E-state index in [9.17, 15) is 4.79 Å². The molecule has 2 heterocycles. The number of amides is 1. The summed E-state index contributed by atoms with van der Waals surface area (Å²) in [5.41, 5.74) is 3.80. The number of carbonyl (C=O) groups excluding carboxylic acids is 1. The van der Waals surface area contributed by atoms with Crippen molar-refractivity contribution in [2.45, 2.75) is 24.3 Å². The van der Waals surface area contributed by atoms with Crippen LogP contribution in [-0.4, -0.2) is 26.3 Å². The van der Waals surface area contributed by atoms with Gasteiger partial charge in [-0.1, -0.05) is 60.3 Å². The van der Waals surface area contributed by atoms with Crippen molar-refractivity contribution in [3.05, 3.63) is 65.5 Å². The SMILES string of the molecule is Cc1ccccc1-c1nnc(SC(C)C(=O)Nc2nc(-c3ccccc3)cs2)o1. The van der Waals surface area contributed by atoms with Crippen molar-refractivity contribution < 1.29 is 9.21 Å². The highest BCUT2D eigenvalue weighted by atomic mass is 32.2. The van der Waals surface area contributed by atoms with Crippen LogP contribution in [0.1, 0.15) is 12.5 Å². The molecule has 0 aliphatic carbocycles. The van der Waals surface area contributed by atoms with Crippen LogP contribution in [0.3, 0.4) is 0 Å². The van der Waals surface area contributed by atoms with Crippen LogP contribution >= 0.6 is 23.1 Å². The van der Waals surface area contributed by atoms with Gasteiger partial charge in [-0.25, -0.2) is 4.98 Å². The zero-order valence-electron chi connectivity index (χ0n) is 15.8. The predicted octanol–water partition coefficient (Wildman–Crippen LogP) is 5.29. The van der Waals surface area contributed by atoms with Gasteiger partial charge in [0.05, 0.1) is 10.9 Å². The maximum absolute atomic E-state index is 12.5. The van der Waals surface area contributed by atoms with Crippen LogP contribution < -0.4 is 5.32 Å². The number of thioether (sulfide) groups is 1. The van der Waals surface area contributed by atoms with E-state index in [-0.39, 0.29) is 5.91 Å². The van der Waals surface area contributed by atoms with E-state index in [1.54, 1.807) is 6.92 Å². The molecular formula is C21H18N4O2S2. The van der Waals surface area contributed by atoms with Gasteiger partial charge in [-0.3, -0.25) is 4.79 Å². The predicted molar refractivity (Wildman–Crippen MR) is 116 cm³/mol. The molecule has 2 aromatic carbocycles. The first-order valence-corrected chi connectivity index (χ1v) is 10.7. The molecule has 6 nitrogen and oxygen atoms in total. The zero-order valence-corrected chi connectivity index (χ0v) is 17.5. The van der Waals surface area contributed by atoms with Crippen molar-refractivity contribution in [3.8, 4) is 22.7 Å². The second-order valence-electron chi connectivity index (χ2n) is 6.34. The Labute approximate surface area is 176 Å². The number of carbonyl (C=O) groups is 1. The Kier molecular flexibility index (Phi) is 5.73. The fourth-order valence-electron chi connectivity index (χ4n) is 2.66. The molecule has 1 unspecified atom stereocenters. The Bertz CT molecular complexity index is 1120. The van der Waals surface area contributed by atoms with E-state index in [4.69, 9.17) is 4.42 Å². The molecule has 1 N–H and O–H groups in total. The van der Waals surface area contributed by atoms with Gasteiger partial charge in [0.1, 0.15) is 0 Å². The van der Waals surface area contributed by atoms with Gasteiger partial charge in [0.25, 0.3) is 5.22 Å². The first-order valence-electron chi connectivity index (χ1n) is 8.98. The normalized spacial score (nSPS) is 11.9. The Hall–Kier alpha value is -2.97. The Balaban J connectivity index is 1.39. The lowest BCUT2D eigenvalue weighted by Crippen LogP contribution is -2.22. The lowest BCUT2D eigenvalue weighted by molar-refractivity contribution is -0.115. The molecule has 2 aromatic heterocycles. The minimum Gasteiger partial charge on any atom is -0.411 e. The van der Waals surface area contributed by atoms with Crippen LogP contribution in [0.4, 0.5) is 5.13 Å². The molecule has 0 saturated heterocycles. The maximum Gasteiger partial charge on any atom is 0.277 e. The molecule has 0 aliphatic heterocycles. The molecule has 0 radical (unpaired) electrons. The average molecular weight is 423 g/mol. The minimum absolute atomic E-state index is 0.167. The summed E-state index contributed by atoms with van der Waals surface area (Å²) in [4.78, 5) is 17.0. The number of anilines is 1. The maximum atomic E-state index is 12.5. The van der Waals surface area contributed by atoms with E-state index in [2.05, 4.69) is 20.5 Å². The highest BCUT2D eigenvalue weighted by Gasteiger charge is 2.20. The molecule has 0 saturated carbocycles. The summed E-state index contributed by atoms with van der Waals surface area (Å²) in [5, 5.41) is 13.5. The van der Waals surface area contributed by atoms with E-state index in [1.807, 2.05) is 66.9 Å². The van der Waals surface area contributed by atoms with Gasteiger partial charge in [0.15, 0.2) is 5.13 Å². The molecule has 4 aromatic rings. The van der Waals surface area contributed by atoms with Gasteiger partial charge in [-0.15, -0.1) is 21.5 Å². The summed E-state index contributed by atoms with van der Waals surface area (Å²) in [5.74, 6) is 0.283. The lowest BCUT2D eigenvalue weighted by atomic mass is 10.1. The molecule has 146 valence electrons. The second-order valence-corrected chi connectivity index (χ2v) is 8.49. The van der Waals surface area contributed by atoms with Crippen molar-refractivity contribution in [1.82, 2.24) is 15.2 Å². The standard InChI is InChI=1S/C21H18N4O2S2/c1-13-8-6-7-11-16(13)19-24-25-21(27-19)29-14(2)18(26)23-20-22-17(12-28-20)15-9-4-3-5-10-15/h3-12,14H,1-2H3,(H,22,23,26). The summed E-state index contributed by atoms with van der Waals surface area (Å²) < 4.78 is 5.73. The van der Waals surface area contributed by atoms with E-state index in [0.29, 0.717) is 16.2 Å². The van der Waals surface area contributed by atoms with Crippen molar-refractivity contribution in [3.63, 3.8) is 0 Å². The van der Waals surface area contributed by atoms with E-state index >= 15 is 0 Å². The number of aromatic nitrogens is 3. The van der Waals surface area contributed by atoms with E-state index in [1.165, 1.54) is 23.1 Å². The summed E-state index contributed by atoms with van der Waals surface area (Å²) in [6.45, 7) is 3.78. The molecule has 0 fully saturated rings. The van der Waals surface area contributed by atoms with Gasteiger partial charge >= 0.3 is 0 Å². The molecule has 29 heavy (non-hydrogen) atoms. The van der Waals surface area contributed by atoms with Gasteiger partial charge in [0, 0.05) is 16.5 Å². The minimum atomic E-state index is -0.413. The highest BCUT2D eigenvalue weighted by Crippen LogP contribution is 2.29. The Morgan fingerprint density at radius 2 is 1.86 bits per heavy atom. The van der Waals surface area contributed by atoms with Crippen LogP contribution in [0.15, 0.2) is 69.6 Å². The average Bonchev–Trinajstić information content (AvgIpc) is 3.39. The summed E-state index contributed by atoms with van der Waals surface area (Å²) in [6.07, 6.45) is 0. The number of hydrogen-bond donors (Lipinski definition) is 1. The first-order chi connectivity index (χ1) is 14.1. The van der Waals surface area contributed by atoms with E-state index in [0.717, 1.165) is 22.4 Å². The zero-order chi connectivity index (χ0) is 20.2. The van der Waals surface area contributed by atoms with Gasteiger partial charge in [0.2, 0.25) is 11.8 Å². The lowest BCUT2D eigenvalue weighted by Gasteiger charge is -2.07. The number of aryl methyl sites for hydroxylation is 1. The number of nitrogens with zero attached hydrogens (tertiary/aromatic N) is 3. The third kappa shape index (κ3) is 4.55. The smallest absolute Gasteiger partial charge is 0.277 e. The first kappa shape index (κ1) is 19.4. The topological polar surface area (TPSA) is 80.9 Å². The molecule has 4 rings (SSSR count). The summed E-state index contributed by atoms with van der Waals surface area (Å²) >= 11 is 2.62. The monoisotopic (exact) mass is 422 g/mol. The second kappa shape index (κ2) is 8.59. The molecule has 0 aliphatic rings. The number of thiazole rings is 1. The molecular weight excluding hydrogens is 404 g/mol. The van der Waals surface area contributed by atoms with Crippen molar-refractivity contribution >= 4 is 34.1 Å². The quantitative estimate of drug-likeness (QED) is 0.425. The van der Waals surface area contributed by atoms with Crippen LogP contribution in [0.5, 0.6) is 0 Å². The number of hydrogen-bond acceptors (Lipinski definition) is 7. The van der Waals surface area contributed by atoms with Gasteiger partial charge < -0.3 is 9.73 Å². The Morgan fingerprint density at radius 3 is 2.66 bits per heavy atom. The van der Waals surface area contributed by atoms with Crippen LogP contribution in [0.2, 0.25) is 0 Å². The van der Waals surface area contributed by atoms with Crippen molar-refractivity contribution in [1.29, 1.82) is 0 Å². The molecule has 1 atom stereocenters. The molecule has 0 bridgehead atoms. The fraction of sp³-hybridized carbons (Fsp3) is 0.143. The highest BCUT2D eigenvalue weighted by molar-refractivity contribution is 8.00. The largest absolute Gasteiger partial charge is 0.411 e. The van der Waals surface area contributed by atoms with Crippen LogP contribution in [-0.2, 0) is 4.79 Å². The fourth-order valence-corrected chi connectivity index (χ4v) is 4.07. The number of nitrogens with one attached hydrogen (secondary N) is 1. The van der Waals surface area contributed by atoms with Crippen LogP contribution in [0.25, 0.3) is 22.7 Å². The van der Waals surface area contributed by atoms with Crippen molar-refractivity contribution in [2.75, 3.05) is 5.32 Å². The number of benzene rings is 2. The Morgan fingerprint density at radius 1 is 1.10 bits per heavy atom. The summed E-state index contributed by atoms with van der Waals surface area (Å²) in [6, 6.07) is 17.6. The third-order valence-electron chi connectivity index (χ3n) is 4.23. The van der Waals surface area contributed by atoms with Gasteiger partial charge in [-0.05, 0) is 25.5 Å². The third-order valence-corrected chi connectivity index (χ3v) is 5.92. The molecule has 0 spiro atoms.